The molecule has 0 saturated heterocycles. The molecule has 0 bridgehead atoms. The van der Waals surface area contributed by atoms with Crippen LogP contribution < -0.4 is 0 Å². The first-order valence-corrected chi connectivity index (χ1v) is 5.88. The zero-order valence-electron chi connectivity index (χ0n) is 9.04. The van der Waals surface area contributed by atoms with Gasteiger partial charge in [-0.2, -0.15) is 0 Å². The number of aromatic nitrogens is 1. The van der Waals surface area contributed by atoms with E-state index in [2.05, 4.69) is 18.8 Å². The maximum absolute atomic E-state index is 11.4. The molecular formula is C11H17NOS. The van der Waals surface area contributed by atoms with Crippen LogP contribution in [0.4, 0.5) is 0 Å². The summed E-state index contributed by atoms with van der Waals surface area (Å²) in [6.07, 6.45) is 2.14. The third-order valence-electron chi connectivity index (χ3n) is 1.96. The fraction of sp³-hybridized carbons (Fsp3) is 0.636. The molecule has 3 heteroatoms. The Bertz CT molecular complexity index is 304. The molecule has 0 radical (unpaired) electrons. The molecule has 0 amide bonds. The zero-order chi connectivity index (χ0) is 10.6. The second-order valence-corrected chi connectivity index (χ2v) is 5.06. The van der Waals surface area contributed by atoms with Gasteiger partial charge in [0.2, 0.25) is 0 Å². The summed E-state index contributed by atoms with van der Waals surface area (Å²) < 4.78 is 0. The molecule has 0 aliphatic heterocycles. The Balaban J connectivity index is 2.30. The predicted molar refractivity (Wildman–Crippen MR) is 59.6 cm³/mol. The summed E-state index contributed by atoms with van der Waals surface area (Å²) in [6.45, 7) is 6.14. The van der Waals surface area contributed by atoms with E-state index in [1.165, 1.54) is 0 Å². The number of ketones is 1. The van der Waals surface area contributed by atoms with Crippen LogP contribution in [0.25, 0.3) is 0 Å². The SMILES string of the molecule is Cc1nc(CCC(=O)CC(C)C)cs1. The van der Waals surface area contributed by atoms with E-state index in [-0.39, 0.29) is 0 Å². The summed E-state index contributed by atoms with van der Waals surface area (Å²) in [5.41, 5.74) is 1.06. The lowest BCUT2D eigenvalue weighted by Gasteiger charge is -2.02. The quantitative estimate of drug-likeness (QED) is 0.749. The van der Waals surface area contributed by atoms with Gasteiger partial charge < -0.3 is 0 Å². The highest BCUT2D eigenvalue weighted by Gasteiger charge is 2.06. The van der Waals surface area contributed by atoms with Gasteiger partial charge in [-0.3, -0.25) is 4.79 Å². The van der Waals surface area contributed by atoms with Gasteiger partial charge in [0, 0.05) is 18.2 Å². The van der Waals surface area contributed by atoms with Crippen LogP contribution in [0.5, 0.6) is 0 Å². The molecule has 0 aromatic carbocycles. The van der Waals surface area contributed by atoms with Crippen molar-refractivity contribution in [3.05, 3.63) is 16.1 Å². The number of hydrogen-bond acceptors (Lipinski definition) is 3. The number of carbonyl (C=O) groups excluding carboxylic acids is 1. The standard InChI is InChI=1S/C11H17NOS/c1-8(2)6-11(13)5-4-10-7-14-9(3)12-10/h7-8H,4-6H2,1-3H3. The lowest BCUT2D eigenvalue weighted by Crippen LogP contribution is -2.04. The average Bonchev–Trinajstić information content (AvgIpc) is 2.47. The smallest absolute Gasteiger partial charge is 0.133 e. The Morgan fingerprint density at radius 3 is 2.79 bits per heavy atom. The topological polar surface area (TPSA) is 30.0 Å². The fourth-order valence-electron chi connectivity index (χ4n) is 1.35. The summed E-state index contributed by atoms with van der Waals surface area (Å²) in [7, 11) is 0. The Kier molecular flexibility index (Phi) is 4.26. The highest BCUT2D eigenvalue weighted by Crippen LogP contribution is 2.11. The van der Waals surface area contributed by atoms with Crippen molar-refractivity contribution < 1.29 is 4.79 Å². The van der Waals surface area contributed by atoms with Crippen molar-refractivity contribution in [2.75, 3.05) is 0 Å². The summed E-state index contributed by atoms with van der Waals surface area (Å²) in [5.74, 6) is 0.824. The molecule has 1 aromatic heterocycles. The minimum absolute atomic E-state index is 0.352. The Hall–Kier alpha value is -0.700. The highest BCUT2D eigenvalue weighted by atomic mass is 32.1. The molecule has 0 unspecified atom stereocenters. The van der Waals surface area contributed by atoms with Gasteiger partial charge in [0.1, 0.15) is 5.78 Å². The number of nitrogens with zero attached hydrogens (tertiary/aromatic N) is 1. The van der Waals surface area contributed by atoms with Crippen LogP contribution in [0.1, 0.15) is 37.4 Å². The second-order valence-electron chi connectivity index (χ2n) is 3.99. The maximum Gasteiger partial charge on any atom is 0.133 e. The van der Waals surface area contributed by atoms with Gasteiger partial charge in [0.25, 0.3) is 0 Å². The lowest BCUT2D eigenvalue weighted by molar-refractivity contribution is -0.119. The van der Waals surface area contributed by atoms with Crippen LogP contribution in [-0.4, -0.2) is 10.8 Å². The third kappa shape index (κ3) is 4.01. The van der Waals surface area contributed by atoms with Crippen molar-refractivity contribution in [3.63, 3.8) is 0 Å². The average molecular weight is 211 g/mol. The van der Waals surface area contributed by atoms with Crippen LogP contribution in [0, 0.1) is 12.8 Å². The van der Waals surface area contributed by atoms with Crippen LogP contribution in [0.3, 0.4) is 0 Å². The van der Waals surface area contributed by atoms with E-state index in [1.807, 2.05) is 12.3 Å². The molecule has 1 rings (SSSR count). The number of aryl methyl sites for hydroxylation is 2. The first kappa shape index (κ1) is 11.4. The van der Waals surface area contributed by atoms with Crippen molar-refractivity contribution in [2.24, 2.45) is 5.92 Å². The molecule has 0 aliphatic carbocycles. The minimum atomic E-state index is 0.352. The number of carbonyl (C=O) groups is 1. The molecule has 0 atom stereocenters. The normalized spacial score (nSPS) is 10.9. The van der Waals surface area contributed by atoms with Gasteiger partial charge in [-0.1, -0.05) is 13.8 Å². The molecule has 0 saturated carbocycles. The van der Waals surface area contributed by atoms with E-state index in [0.29, 0.717) is 24.5 Å². The molecule has 1 heterocycles. The summed E-state index contributed by atoms with van der Waals surface area (Å²) in [4.78, 5) is 15.7. The largest absolute Gasteiger partial charge is 0.300 e. The van der Waals surface area contributed by atoms with E-state index in [4.69, 9.17) is 0 Å². The number of thiazole rings is 1. The predicted octanol–water partition coefficient (Wildman–Crippen LogP) is 3.00. The molecule has 0 fully saturated rings. The molecule has 1 aromatic rings. The van der Waals surface area contributed by atoms with Crippen LogP contribution in [0.2, 0.25) is 0 Å². The van der Waals surface area contributed by atoms with Crippen molar-refractivity contribution in [1.29, 1.82) is 0 Å². The maximum atomic E-state index is 11.4. The molecular weight excluding hydrogens is 194 g/mol. The molecule has 0 aliphatic rings. The van der Waals surface area contributed by atoms with Gasteiger partial charge in [-0.25, -0.2) is 4.98 Å². The van der Waals surface area contributed by atoms with Crippen LogP contribution >= 0.6 is 11.3 Å². The van der Waals surface area contributed by atoms with Crippen LogP contribution in [0.15, 0.2) is 5.38 Å². The molecule has 0 N–H and O–H groups in total. The zero-order valence-corrected chi connectivity index (χ0v) is 9.86. The van der Waals surface area contributed by atoms with Gasteiger partial charge in [-0.15, -0.1) is 11.3 Å². The van der Waals surface area contributed by atoms with E-state index >= 15 is 0 Å². The van der Waals surface area contributed by atoms with Gasteiger partial charge >= 0.3 is 0 Å². The Labute approximate surface area is 89.4 Å². The summed E-state index contributed by atoms with van der Waals surface area (Å²) in [6, 6.07) is 0. The van der Waals surface area contributed by atoms with E-state index in [9.17, 15) is 4.79 Å². The number of hydrogen-bond donors (Lipinski definition) is 0. The molecule has 0 spiro atoms. The van der Waals surface area contributed by atoms with Crippen molar-refractivity contribution in [3.8, 4) is 0 Å². The first-order chi connectivity index (χ1) is 6.58. The van der Waals surface area contributed by atoms with Crippen LogP contribution in [-0.2, 0) is 11.2 Å². The van der Waals surface area contributed by atoms with Crippen molar-refractivity contribution >= 4 is 17.1 Å². The first-order valence-electron chi connectivity index (χ1n) is 5.00. The summed E-state index contributed by atoms with van der Waals surface area (Å²) >= 11 is 1.65. The van der Waals surface area contributed by atoms with Crippen molar-refractivity contribution in [2.45, 2.75) is 40.0 Å². The molecule has 14 heavy (non-hydrogen) atoms. The number of Topliss-reactive ketones (excluding diaryl/α,β-unsaturated/α-hetero) is 1. The monoisotopic (exact) mass is 211 g/mol. The number of rotatable bonds is 5. The minimum Gasteiger partial charge on any atom is -0.300 e. The second kappa shape index (κ2) is 5.25. The summed E-state index contributed by atoms with van der Waals surface area (Å²) in [5, 5.41) is 3.12. The highest BCUT2D eigenvalue weighted by molar-refractivity contribution is 7.09. The lowest BCUT2D eigenvalue weighted by atomic mass is 10.0. The molecule has 78 valence electrons. The van der Waals surface area contributed by atoms with Gasteiger partial charge in [-0.05, 0) is 19.3 Å². The van der Waals surface area contributed by atoms with E-state index in [0.717, 1.165) is 17.1 Å². The Morgan fingerprint density at radius 2 is 2.29 bits per heavy atom. The Morgan fingerprint density at radius 1 is 1.57 bits per heavy atom. The molecule has 2 nitrogen and oxygen atoms in total. The van der Waals surface area contributed by atoms with Gasteiger partial charge in [0.05, 0.1) is 10.7 Å². The van der Waals surface area contributed by atoms with Crippen molar-refractivity contribution in [1.82, 2.24) is 4.98 Å². The fourth-order valence-corrected chi connectivity index (χ4v) is 2.00. The van der Waals surface area contributed by atoms with E-state index in [1.54, 1.807) is 11.3 Å². The third-order valence-corrected chi connectivity index (χ3v) is 2.78. The van der Waals surface area contributed by atoms with E-state index < -0.39 is 0 Å². The van der Waals surface area contributed by atoms with Gasteiger partial charge in [0.15, 0.2) is 0 Å².